The maximum absolute atomic E-state index is 12.3. The highest BCUT2D eigenvalue weighted by molar-refractivity contribution is 5.93. The fourth-order valence-corrected chi connectivity index (χ4v) is 2.01. The van der Waals surface area contributed by atoms with Gasteiger partial charge in [-0.15, -0.1) is 0 Å². The maximum atomic E-state index is 12.3. The Balaban J connectivity index is 5.09. The Kier molecular flexibility index (Phi) is 9.89. The van der Waals surface area contributed by atoms with Crippen LogP contribution >= 0.6 is 0 Å². The van der Waals surface area contributed by atoms with Crippen molar-refractivity contribution in [3.63, 3.8) is 0 Å². The summed E-state index contributed by atoms with van der Waals surface area (Å²) in [5, 5.41) is 30.8. The van der Waals surface area contributed by atoms with Crippen molar-refractivity contribution in [2.45, 2.75) is 57.7 Å². The molecule has 4 unspecified atom stereocenters. The van der Waals surface area contributed by atoms with Crippen molar-refractivity contribution >= 4 is 29.7 Å². The maximum Gasteiger partial charge on any atom is 0.326 e. The van der Waals surface area contributed by atoms with Gasteiger partial charge in [0.05, 0.1) is 12.5 Å². The molecule has 0 saturated carbocycles. The zero-order valence-electron chi connectivity index (χ0n) is 14.6. The van der Waals surface area contributed by atoms with Gasteiger partial charge in [-0.1, -0.05) is 20.3 Å². The van der Waals surface area contributed by atoms with Crippen LogP contribution in [0, 0.1) is 5.92 Å². The molecule has 0 heterocycles. The standard InChI is InChI=1S/C15H25N3O8/c1-3-7(2)12(18-13(23)8(16)4-5-10(19)20)14(24)17-9(15(25)26)6-11(21)22/h7-9,12H,3-6,16H2,1-2H3,(H,17,24)(H,18,23)(H,19,20)(H,21,22)(H,25,26). The third-order valence-corrected chi connectivity index (χ3v) is 3.79. The molecule has 0 aromatic heterocycles. The highest BCUT2D eigenvalue weighted by atomic mass is 16.4. The van der Waals surface area contributed by atoms with Gasteiger partial charge in [0, 0.05) is 6.42 Å². The normalized spacial score (nSPS) is 15.2. The molecule has 7 N–H and O–H groups in total. The number of nitrogens with one attached hydrogen (secondary N) is 2. The summed E-state index contributed by atoms with van der Waals surface area (Å²) in [5.74, 6) is -6.05. The van der Waals surface area contributed by atoms with E-state index in [2.05, 4.69) is 10.6 Å². The summed E-state index contributed by atoms with van der Waals surface area (Å²) in [6, 6.07) is -3.94. The van der Waals surface area contributed by atoms with Crippen LogP contribution in [0.25, 0.3) is 0 Å². The van der Waals surface area contributed by atoms with Crippen LogP contribution in [0.3, 0.4) is 0 Å². The summed E-state index contributed by atoms with van der Waals surface area (Å²) < 4.78 is 0. The monoisotopic (exact) mass is 375 g/mol. The van der Waals surface area contributed by atoms with E-state index in [1.165, 1.54) is 0 Å². The molecular formula is C15H25N3O8. The number of rotatable bonds is 12. The lowest BCUT2D eigenvalue weighted by Crippen LogP contribution is -2.56. The summed E-state index contributed by atoms with van der Waals surface area (Å²) in [4.78, 5) is 56.7. The van der Waals surface area contributed by atoms with Crippen LogP contribution < -0.4 is 16.4 Å². The van der Waals surface area contributed by atoms with Crippen LogP contribution in [0.4, 0.5) is 0 Å². The summed E-state index contributed by atoms with van der Waals surface area (Å²) in [5.41, 5.74) is 5.59. The van der Waals surface area contributed by atoms with Crippen LogP contribution in [0.2, 0.25) is 0 Å². The number of nitrogens with two attached hydrogens (primary N) is 1. The van der Waals surface area contributed by atoms with Crippen molar-refractivity contribution in [2.24, 2.45) is 11.7 Å². The highest BCUT2D eigenvalue weighted by Crippen LogP contribution is 2.10. The first-order valence-electron chi connectivity index (χ1n) is 8.02. The number of aliphatic carboxylic acids is 3. The molecule has 0 aromatic carbocycles. The minimum Gasteiger partial charge on any atom is -0.481 e. The Labute approximate surface area is 149 Å². The number of carboxylic acids is 3. The number of hydrogen-bond acceptors (Lipinski definition) is 6. The van der Waals surface area contributed by atoms with Crippen molar-refractivity contribution in [1.82, 2.24) is 10.6 Å². The fraction of sp³-hybridized carbons (Fsp3) is 0.667. The number of carbonyl (C=O) groups is 5. The van der Waals surface area contributed by atoms with Crippen molar-refractivity contribution < 1.29 is 39.3 Å². The van der Waals surface area contributed by atoms with E-state index >= 15 is 0 Å². The largest absolute Gasteiger partial charge is 0.481 e. The molecule has 26 heavy (non-hydrogen) atoms. The molecule has 0 saturated heterocycles. The average molecular weight is 375 g/mol. The van der Waals surface area contributed by atoms with E-state index < -0.39 is 60.2 Å². The Bertz CT molecular complexity index is 551. The van der Waals surface area contributed by atoms with Crippen molar-refractivity contribution in [3.8, 4) is 0 Å². The van der Waals surface area contributed by atoms with Gasteiger partial charge in [-0.2, -0.15) is 0 Å². The molecule has 11 heteroatoms. The quantitative estimate of drug-likeness (QED) is 0.241. The molecule has 148 valence electrons. The van der Waals surface area contributed by atoms with Gasteiger partial charge < -0.3 is 31.7 Å². The van der Waals surface area contributed by atoms with E-state index in [9.17, 15) is 24.0 Å². The number of amides is 2. The topological polar surface area (TPSA) is 196 Å². The van der Waals surface area contributed by atoms with Crippen LogP contribution in [0.15, 0.2) is 0 Å². The summed E-state index contributed by atoms with van der Waals surface area (Å²) in [7, 11) is 0. The first-order valence-corrected chi connectivity index (χ1v) is 8.02. The number of carbonyl (C=O) groups excluding carboxylic acids is 2. The number of carboxylic acid groups (broad SMARTS) is 3. The molecule has 0 bridgehead atoms. The Morgan fingerprint density at radius 3 is 1.96 bits per heavy atom. The molecule has 0 aliphatic heterocycles. The van der Waals surface area contributed by atoms with E-state index in [-0.39, 0.29) is 12.8 Å². The van der Waals surface area contributed by atoms with Gasteiger partial charge in [0.2, 0.25) is 11.8 Å². The average Bonchev–Trinajstić information content (AvgIpc) is 2.55. The molecule has 0 aliphatic rings. The predicted molar refractivity (Wildman–Crippen MR) is 88.1 cm³/mol. The Morgan fingerprint density at radius 2 is 1.54 bits per heavy atom. The lowest BCUT2D eigenvalue weighted by molar-refractivity contribution is -0.147. The smallest absolute Gasteiger partial charge is 0.326 e. The van der Waals surface area contributed by atoms with Gasteiger partial charge in [-0.05, 0) is 12.3 Å². The second-order valence-corrected chi connectivity index (χ2v) is 5.91. The van der Waals surface area contributed by atoms with Gasteiger partial charge in [0.15, 0.2) is 0 Å². The third kappa shape index (κ3) is 8.42. The minimum absolute atomic E-state index is 0.132. The molecule has 0 rings (SSSR count). The zero-order valence-corrected chi connectivity index (χ0v) is 14.6. The molecule has 0 spiro atoms. The van der Waals surface area contributed by atoms with Gasteiger partial charge >= 0.3 is 17.9 Å². The van der Waals surface area contributed by atoms with Crippen molar-refractivity contribution in [3.05, 3.63) is 0 Å². The third-order valence-electron chi connectivity index (χ3n) is 3.79. The Morgan fingerprint density at radius 1 is 0.962 bits per heavy atom. The van der Waals surface area contributed by atoms with E-state index in [1.54, 1.807) is 13.8 Å². The SMILES string of the molecule is CCC(C)C(NC(=O)C(N)CCC(=O)O)C(=O)NC(CC(=O)O)C(=O)O. The van der Waals surface area contributed by atoms with Gasteiger partial charge in [0.25, 0.3) is 0 Å². The van der Waals surface area contributed by atoms with Crippen molar-refractivity contribution in [2.75, 3.05) is 0 Å². The molecule has 4 atom stereocenters. The van der Waals surface area contributed by atoms with E-state index in [0.29, 0.717) is 6.42 Å². The van der Waals surface area contributed by atoms with Crippen LogP contribution in [-0.4, -0.2) is 63.2 Å². The molecular weight excluding hydrogens is 350 g/mol. The molecule has 11 nitrogen and oxygen atoms in total. The van der Waals surface area contributed by atoms with Gasteiger partial charge in [-0.3, -0.25) is 19.2 Å². The predicted octanol–water partition coefficient (Wildman–Crippen LogP) is -1.25. The van der Waals surface area contributed by atoms with Crippen LogP contribution in [0.1, 0.15) is 39.5 Å². The molecule has 0 fully saturated rings. The minimum atomic E-state index is -1.65. The van der Waals surface area contributed by atoms with Gasteiger partial charge in [-0.25, -0.2) is 4.79 Å². The van der Waals surface area contributed by atoms with Crippen LogP contribution in [0.5, 0.6) is 0 Å². The van der Waals surface area contributed by atoms with Crippen LogP contribution in [-0.2, 0) is 24.0 Å². The lowest BCUT2D eigenvalue weighted by Gasteiger charge is -2.26. The second kappa shape index (κ2) is 11.0. The van der Waals surface area contributed by atoms with Crippen molar-refractivity contribution in [1.29, 1.82) is 0 Å². The van der Waals surface area contributed by atoms with E-state index in [1.807, 2.05) is 0 Å². The lowest BCUT2D eigenvalue weighted by atomic mass is 9.97. The molecule has 0 aliphatic carbocycles. The van der Waals surface area contributed by atoms with Gasteiger partial charge in [0.1, 0.15) is 12.1 Å². The van der Waals surface area contributed by atoms with E-state index in [4.69, 9.17) is 21.1 Å². The zero-order chi connectivity index (χ0) is 20.4. The summed E-state index contributed by atoms with van der Waals surface area (Å²) in [6.45, 7) is 3.38. The molecule has 0 radical (unpaired) electrons. The first-order chi connectivity index (χ1) is 12.0. The Hall–Kier alpha value is -2.69. The summed E-state index contributed by atoms with van der Waals surface area (Å²) in [6.07, 6.45) is -0.818. The molecule has 0 aromatic rings. The molecule has 2 amide bonds. The van der Waals surface area contributed by atoms with E-state index in [0.717, 1.165) is 0 Å². The highest BCUT2D eigenvalue weighted by Gasteiger charge is 2.31. The number of hydrogen-bond donors (Lipinski definition) is 6. The second-order valence-electron chi connectivity index (χ2n) is 5.91. The summed E-state index contributed by atoms with van der Waals surface area (Å²) >= 11 is 0. The fourth-order valence-electron chi connectivity index (χ4n) is 2.01. The first kappa shape index (κ1) is 23.3.